The summed E-state index contributed by atoms with van der Waals surface area (Å²) in [6.45, 7) is 0. The first kappa shape index (κ1) is 16.3. The molecule has 0 amide bonds. The van der Waals surface area contributed by atoms with Gasteiger partial charge in [-0.1, -0.05) is 12.8 Å². The minimum atomic E-state index is 0.230. The van der Waals surface area contributed by atoms with E-state index in [2.05, 4.69) is 15.5 Å². The van der Waals surface area contributed by atoms with Crippen LogP contribution in [0.5, 0.6) is 17.4 Å². The molecule has 3 rings (SSSR count). The molecule has 1 aromatic heterocycles. The van der Waals surface area contributed by atoms with Crippen LogP contribution in [-0.4, -0.2) is 29.2 Å². The van der Waals surface area contributed by atoms with E-state index in [1.165, 1.54) is 12.8 Å². The van der Waals surface area contributed by atoms with E-state index in [1.54, 1.807) is 31.5 Å². The Morgan fingerprint density at radius 3 is 2.54 bits per heavy atom. The summed E-state index contributed by atoms with van der Waals surface area (Å²) in [6.07, 6.45) is 6.08. The lowest BCUT2D eigenvalue weighted by molar-refractivity contribution is 0.234. The van der Waals surface area contributed by atoms with Crippen LogP contribution >= 0.6 is 0 Å². The Hall–Kier alpha value is -2.60. The number of hydroxylamine groups is 1. The molecule has 1 aromatic carbocycles. The molecule has 0 spiro atoms. The first-order valence-electron chi connectivity index (χ1n) is 8.05. The summed E-state index contributed by atoms with van der Waals surface area (Å²) < 4.78 is 11.0. The Bertz CT molecular complexity index is 695. The molecule has 2 aromatic rings. The lowest BCUT2D eigenvalue weighted by Crippen LogP contribution is -2.23. The number of benzene rings is 1. The highest BCUT2D eigenvalue weighted by atomic mass is 16.5. The highest BCUT2D eigenvalue weighted by Crippen LogP contribution is 2.26. The monoisotopic (exact) mass is 327 g/mol. The van der Waals surface area contributed by atoms with Crippen molar-refractivity contribution in [3.8, 4) is 17.4 Å². The second-order valence-corrected chi connectivity index (χ2v) is 5.66. The van der Waals surface area contributed by atoms with Crippen LogP contribution in [0.15, 0.2) is 47.6 Å². The molecule has 0 atom stereocenters. The maximum Gasteiger partial charge on any atom is 0.230 e. The van der Waals surface area contributed by atoms with E-state index in [1.807, 2.05) is 18.2 Å². The SMILES string of the molecule is COc1ccc(Oc2ncccc2C(=NC2CCCC2)NO)cc1. The fourth-order valence-corrected chi connectivity index (χ4v) is 2.78. The van der Waals surface area contributed by atoms with Crippen LogP contribution in [0.2, 0.25) is 0 Å². The number of pyridine rings is 1. The molecule has 6 heteroatoms. The number of aliphatic imine (C=N–C) groups is 1. The minimum Gasteiger partial charge on any atom is -0.497 e. The van der Waals surface area contributed by atoms with Crippen LogP contribution in [0.4, 0.5) is 0 Å². The van der Waals surface area contributed by atoms with Gasteiger partial charge < -0.3 is 9.47 Å². The molecule has 0 radical (unpaired) electrons. The Morgan fingerprint density at radius 2 is 1.88 bits per heavy atom. The van der Waals surface area contributed by atoms with Gasteiger partial charge in [-0.2, -0.15) is 0 Å². The van der Waals surface area contributed by atoms with Gasteiger partial charge in [-0.25, -0.2) is 4.98 Å². The molecule has 126 valence electrons. The molecular formula is C18H21N3O3. The van der Waals surface area contributed by atoms with E-state index in [0.717, 1.165) is 18.6 Å². The molecule has 0 unspecified atom stereocenters. The van der Waals surface area contributed by atoms with Gasteiger partial charge in [0.25, 0.3) is 0 Å². The van der Waals surface area contributed by atoms with Crippen LogP contribution in [-0.2, 0) is 0 Å². The van der Waals surface area contributed by atoms with Gasteiger partial charge in [0.1, 0.15) is 11.5 Å². The Morgan fingerprint density at radius 1 is 1.17 bits per heavy atom. The third-order valence-corrected chi connectivity index (χ3v) is 4.04. The highest BCUT2D eigenvalue weighted by Gasteiger charge is 2.18. The molecule has 0 saturated heterocycles. The van der Waals surface area contributed by atoms with E-state index in [-0.39, 0.29) is 6.04 Å². The fourth-order valence-electron chi connectivity index (χ4n) is 2.78. The fraction of sp³-hybridized carbons (Fsp3) is 0.333. The molecular weight excluding hydrogens is 306 g/mol. The van der Waals surface area contributed by atoms with Crippen LogP contribution in [0.3, 0.4) is 0 Å². The summed E-state index contributed by atoms with van der Waals surface area (Å²) in [4.78, 5) is 8.88. The number of methoxy groups -OCH3 is 1. The molecule has 1 heterocycles. The molecule has 0 aliphatic heterocycles. The van der Waals surface area contributed by atoms with Crippen molar-refractivity contribution in [2.45, 2.75) is 31.7 Å². The Labute approximate surface area is 141 Å². The Kier molecular flexibility index (Phi) is 5.28. The maximum absolute atomic E-state index is 9.52. The molecule has 1 aliphatic carbocycles. The molecule has 1 fully saturated rings. The van der Waals surface area contributed by atoms with Gasteiger partial charge in [0.15, 0.2) is 5.84 Å². The highest BCUT2D eigenvalue weighted by molar-refractivity contribution is 6.00. The zero-order chi connectivity index (χ0) is 16.8. The van der Waals surface area contributed by atoms with Crippen LogP contribution in [0, 0.1) is 0 Å². The average Bonchev–Trinajstić information content (AvgIpc) is 3.14. The van der Waals surface area contributed by atoms with Crippen molar-refractivity contribution < 1.29 is 14.7 Å². The number of rotatable bonds is 5. The molecule has 6 nitrogen and oxygen atoms in total. The molecule has 24 heavy (non-hydrogen) atoms. The maximum atomic E-state index is 9.52. The number of ether oxygens (including phenoxy) is 2. The lowest BCUT2D eigenvalue weighted by Gasteiger charge is -2.13. The summed E-state index contributed by atoms with van der Waals surface area (Å²) in [7, 11) is 1.62. The third-order valence-electron chi connectivity index (χ3n) is 4.04. The normalized spacial score (nSPS) is 15.3. The van der Waals surface area contributed by atoms with E-state index in [4.69, 9.17) is 9.47 Å². The van der Waals surface area contributed by atoms with Gasteiger partial charge in [-0.05, 0) is 49.2 Å². The van der Waals surface area contributed by atoms with E-state index < -0.39 is 0 Å². The summed E-state index contributed by atoms with van der Waals surface area (Å²) >= 11 is 0. The summed E-state index contributed by atoms with van der Waals surface area (Å²) in [5.41, 5.74) is 2.83. The molecule has 1 saturated carbocycles. The van der Waals surface area contributed by atoms with Crippen molar-refractivity contribution in [1.82, 2.24) is 10.5 Å². The largest absolute Gasteiger partial charge is 0.497 e. The minimum absolute atomic E-state index is 0.230. The lowest BCUT2D eigenvalue weighted by atomic mass is 10.2. The smallest absolute Gasteiger partial charge is 0.230 e. The molecule has 2 N–H and O–H groups in total. The number of nitrogens with zero attached hydrogens (tertiary/aromatic N) is 2. The second kappa shape index (κ2) is 7.79. The van der Waals surface area contributed by atoms with Crippen LogP contribution in [0.25, 0.3) is 0 Å². The van der Waals surface area contributed by atoms with Crippen molar-refractivity contribution in [2.75, 3.05) is 7.11 Å². The topological polar surface area (TPSA) is 76.0 Å². The third kappa shape index (κ3) is 3.83. The van der Waals surface area contributed by atoms with Crippen molar-refractivity contribution in [1.29, 1.82) is 0 Å². The van der Waals surface area contributed by atoms with Crippen molar-refractivity contribution in [3.63, 3.8) is 0 Å². The molecule has 1 aliphatic rings. The predicted octanol–water partition coefficient (Wildman–Crippen LogP) is 3.55. The van der Waals surface area contributed by atoms with Gasteiger partial charge in [-0.15, -0.1) is 0 Å². The average molecular weight is 327 g/mol. The summed E-state index contributed by atoms with van der Waals surface area (Å²) in [5.74, 6) is 2.16. The van der Waals surface area contributed by atoms with Gasteiger partial charge in [0.05, 0.1) is 18.7 Å². The summed E-state index contributed by atoms with van der Waals surface area (Å²) in [6, 6.07) is 11.1. The quantitative estimate of drug-likeness (QED) is 0.499. The summed E-state index contributed by atoms with van der Waals surface area (Å²) in [5, 5.41) is 9.52. The second-order valence-electron chi connectivity index (χ2n) is 5.66. The van der Waals surface area contributed by atoms with Crippen LogP contribution in [0.1, 0.15) is 31.2 Å². The predicted molar refractivity (Wildman–Crippen MR) is 91.0 cm³/mol. The van der Waals surface area contributed by atoms with Gasteiger partial charge in [0, 0.05) is 6.20 Å². The molecule has 0 bridgehead atoms. The zero-order valence-corrected chi connectivity index (χ0v) is 13.6. The van der Waals surface area contributed by atoms with Gasteiger partial charge in [0.2, 0.25) is 5.88 Å². The zero-order valence-electron chi connectivity index (χ0n) is 13.6. The van der Waals surface area contributed by atoms with Crippen LogP contribution < -0.4 is 15.0 Å². The van der Waals surface area contributed by atoms with E-state index in [0.29, 0.717) is 23.0 Å². The number of hydrogen-bond donors (Lipinski definition) is 2. The van der Waals surface area contributed by atoms with Crippen molar-refractivity contribution in [3.05, 3.63) is 48.2 Å². The van der Waals surface area contributed by atoms with E-state index in [9.17, 15) is 5.21 Å². The Balaban J connectivity index is 1.85. The first-order valence-corrected chi connectivity index (χ1v) is 8.05. The number of amidine groups is 1. The van der Waals surface area contributed by atoms with Crippen molar-refractivity contribution >= 4 is 5.84 Å². The number of nitrogens with one attached hydrogen (secondary N) is 1. The van der Waals surface area contributed by atoms with Gasteiger partial charge in [-0.3, -0.25) is 15.7 Å². The standard InChI is InChI=1S/C18H21N3O3/c1-23-14-8-10-15(11-9-14)24-18-16(7-4-12-19-18)17(21-22)20-13-5-2-3-6-13/h4,7-13,22H,2-3,5-6H2,1H3,(H,20,21). The van der Waals surface area contributed by atoms with Gasteiger partial charge >= 0.3 is 0 Å². The number of aromatic nitrogens is 1. The van der Waals surface area contributed by atoms with E-state index >= 15 is 0 Å². The van der Waals surface area contributed by atoms with Crippen molar-refractivity contribution in [2.24, 2.45) is 4.99 Å². The first-order chi connectivity index (χ1) is 11.8. The number of hydrogen-bond acceptors (Lipinski definition) is 5.